The van der Waals surface area contributed by atoms with Gasteiger partial charge < -0.3 is 5.32 Å². The maximum absolute atomic E-state index is 13.5. The number of alkyl halides is 1. The van der Waals surface area contributed by atoms with E-state index < -0.39 is 0 Å². The van der Waals surface area contributed by atoms with Gasteiger partial charge in [-0.2, -0.15) is 0 Å². The normalized spacial score (nSPS) is 18.5. The van der Waals surface area contributed by atoms with E-state index in [4.69, 9.17) is 11.6 Å². The molecule has 0 atom stereocenters. The molecule has 0 radical (unpaired) electrons. The minimum atomic E-state index is -0.253. The Labute approximate surface area is 141 Å². The molecule has 1 heterocycles. The number of nitrogens with zero attached hydrogens (tertiary/aromatic N) is 1. The largest absolute Gasteiger partial charge is 0.350 e. The lowest BCUT2D eigenvalue weighted by Gasteiger charge is -2.39. The Morgan fingerprint density at radius 2 is 2.19 bits per heavy atom. The van der Waals surface area contributed by atoms with Crippen LogP contribution in [0.4, 0.5) is 4.39 Å². The zero-order chi connectivity index (χ0) is 15.5. The van der Waals surface area contributed by atoms with Crippen molar-refractivity contribution in [3.05, 3.63) is 28.5 Å². The van der Waals surface area contributed by atoms with Crippen LogP contribution >= 0.6 is 39.5 Å². The van der Waals surface area contributed by atoms with Gasteiger partial charge in [0.1, 0.15) is 11.7 Å². The molecule has 7 heteroatoms. The van der Waals surface area contributed by atoms with E-state index >= 15 is 0 Å². The number of hydrogen-bond donors (Lipinski definition) is 1. The molecule has 21 heavy (non-hydrogen) atoms. The molecular formula is C14H17BrClFN2OS. The maximum Gasteiger partial charge on any atom is 0.235 e. The van der Waals surface area contributed by atoms with Crippen LogP contribution in [0.2, 0.25) is 0 Å². The number of rotatable bonds is 4. The van der Waals surface area contributed by atoms with Gasteiger partial charge in [-0.1, -0.05) is 0 Å². The van der Waals surface area contributed by atoms with Crippen LogP contribution in [0.25, 0.3) is 0 Å². The van der Waals surface area contributed by atoms with Crippen molar-refractivity contribution < 1.29 is 9.18 Å². The molecule has 0 aliphatic carbocycles. The predicted octanol–water partition coefficient (Wildman–Crippen LogP) is 3.80. The summed E-state index contributed by atoms with van der Waals surface area (Å²) in [5, 5.41) is 2.97. The van der Waals surface area contributed by atoms with Crippen LogP contribution in [0, 0.1) is 5.82 Å². The Balaban J connectivity index is 1.89. The molecular weight excluding hydrogens is 379 g/mol. The molecule has 0 bridgehead atoms. The Morgan fingerprint density at radius 3 is 2.76 bits per heavy atom. The van der Waals surface area contributed by atoms with E-state index in [1.807, 2.05) is 13.0 Å². The summed E-state index contributed by atoms with van der Waals surface area (Å²) in [6, 6.07) is 5.13. The second-order valence-corrected chi connectivity index (χ2v) is 7.63. The smallest absolute Gasteiger partial charge is 0.235 e. The lowest BCUT2D eigenvalue weighted by atomic mass is 9.90. The molecule has 1 aromatic carbocycles. The Bertz CT molecular complexity index is 524. The van der Waals surface area contributed by atoms with Gasteiger partial charge in [-0.25, -0.2) is 8.70 Å². The molecule has 1 aliphatic rings. The molecule has 1 saturated heterocycles. The summed E-state index contributed by atoms with van der Waals surface area (Å²) in [6.45, 7) is 3.71. The average Bonchev–Trinajstić information content (AvgIpc) is 2.45. The maximum atomic E-state index is 13.5. The van der Waals surface area contributed by atoms with E-state index in [-0.39, 0.29) is 23.1 Å². The Morgan fingerprint density at radius 1 is 1.52 bits per heavy atom. The summed E-state index contributed by atoms with van der Waals surface area (Å²) in [6.07, 6.45) is 1.70. The number of amides is 1. The fraction of sp³-hybridized carbons (Fsp3) is 0.500. The van der Waals surface area contributed by atoms with E-state index in [2.05, 4.69) is 25.6 Å². The first-order chi connectivity index (χ1) is 9.92. The van der Waals surface area contributed by atoms with E-state index in [0.717, 1.165) is 30.8 Å². The second-order valence-electron chi connectivity index (χ2n) is 5.34. The highest BCUT2D eigenvalue weighted by atomic mass is 79.9. The lowest BCUT2D eigenvalue weighted by molar-refractivity contribution is -0.120. The van der Waals surface area contributed by atoms with Gasteiger partial charge in [0.15, 0.2) is 0 Å². The SMILES string of the molecule is CC1(NC(=O)CCl)CCN(Sc2ccc(Br)c(F)c2)CC1. The average molecular weight is 396 g/mol. The number of carbonyl (C=O) groups is 1. The Kier molecular flexibility index (Phi) is 5.94. The van der Waals surface area contributed by atoms with Gasteiger partial charge in [-0.15, -0.1) is 11.6 Å². The summed E-state index contributed by atoms with van der Waals surface area (Å²) in [7, 11) is 0. The fourth-order valence-corrected chi connectivity index (χ4v) is 3.51. The molecule has 3 nitrogen and oxygen atoms in total. The van der Waals surface area contributed by atoms with Crippen LogP contribution in [0.15, 0.2) is 27.6 Å². The lowest BCUT2D eigenvalue weighted by Crippen LogP contribution is -2.52. The summed E-state index contributed by atoms with van der Waals surface area (Å²) in [5.41, 5.74) is -0.200. The highest BCUT2D eigenvalue weighted by Crippen LogP contribution is 2.31. The molecule has 0 unspecified atom stereocenters. The first kappa shape index (κ1) is 17.1. The fourth-order valence-electron chi connectivity index (χ4n) is 2.25. The molecule has 1 aliphatic heterocycles. The number of carbonyl (C=O) groups excluding carboxylic acids is 1. The van der Waals surface area contributed by atoms with E-state index in [1.165, 1.54) is 6.07 Å². The molecule has 0 aromatic heterocycles. The van der Waals surface area contributed by atoms with Crippen molar-refractivity contribution in [2.24, 2.45) is 0 Å². The summed E-state index contributed by atoms with van der Waals surface area (Å²) >= 11 is 10.2. The number of halogens is 3. The van der Waals surface area contributed by atoms with Gasteiger partial charge in [0.2, 0.25) is 5.91 Å². The number of nitrogens with one attached hydrogen (secondary N) is 1. The molecule has 1 fully saturated rings. The van der Waals surface area contributed by atoms with Gasteiger partial charge in [0.25, 0.3) is 0 Å². The molecule has 1 aromatic rings. The van der Waals surface area contributed by atoms with E-state index in [1.54, 1.807) is 18.0 Å². The van der Waals surface area contributed by atoms with Crippen molar-refractivity contribution in [2.75, 3.05) is 19.0 Å². The first-order valence-electron chi connectivity index (χ1n) is 6.67. The molecule has 1 N–H and O–H groups in total. The highest BCUT2D eigenvalue weighted by Gasteiger charge is 2.31. The van der Waals surface area contributed by atoms with Crippen LogP contribution < -0.4 is 5.32 Å². The zero-order valence-electron chi connectivity index (χ0n) is 11.7. The van der Waals surface area contributed by atoms with Crippen molar-refractivity contribution >= 4 is 45.4 Å². The zero-order valence-corrected chi connectivity index (χ0v) is 14.8. The Hall–Kier alpha value is -0.300. The molecule has 0 spiro atoms. The van der Waals surface area contributed by atoms with Gasteiger partial charge in [-0.3, -0.25) is 4.79 Å². The molecule has 1 amide bonds. The van der Waals surface area contributed by atoms with Crippen molar-refractivity contribution in [1.29, 1.82) is 0 Å². The molecule has 2 rings (SSSR count). The standard InChI is InChI=1S/C14H17BrClFN2OS/c1-14(18-13(20)9-16)4-6-19(7-5-14)21-10-2-3-11(15)12(17)8-10/h2-3,8H,4-7,9H2,1H3,(H,18,20). The minimum Gasteiger partial charge on any atom is -0.350 e. The van der Waals surface area contributed by atoms with Crippen LogP contribution in [0.3, 0.4) is 0 Å². The number of benzene rings is 1. The third-order valence-corrected chi connectivity index (χ3v) is 5.49. The third kappa shape index (κ3) is 4.84. The van der Waals surface area contributed by atoms with E-state index in [0.29, 0.717) is 4.47 Å². The molecule has 0 saturated carbocycles. The van der Waals surface area contributed by atoms with Crippen LogP contribution in [0.1, 0.15) is 19.8 Å². The van der Waals surface area contributed by atoms with Crippen molar-refractivity contribution in [3.8, 4) is 0 Å². The van der Waals surface area contributed by atoms with Gasteiger partial charge in [-0.05, 0) is 65.8 Å². The highest BCUT2D eigenvalue weighted by molar-refractivity contribution is 9.10. The van der Waals surface area contributed by atoms with Crippen LogP contribution in [-0.4, -0.2) is 34.7 Å². The summed E-state index contributed by atoms with van der Waals surface area (Å²) in [4.78, 5) is 12.3. The van der Waals surface area contributed by atoms with Gasteiger partial charge in [0.05, 0.1) is 4.47 Å². The van der Waals surface area contributed by atoms with Crippen molar-refractivity contribution in [1.82, 2.24) is 9.62 Å². The topological polar surface area (TPSA) is 32.3 Å². The third-order valence-electron chi connectivity index (χ3n) is 3.51. The number of piperidine rings is 1. The first-order valence-corrected chi connectivity index (χ1v) is 8.77. The summed E-state index contributed by atoms with van der Waals surface area (Å²) < 4.78 is 16.2. The van der Waals surface area contributed by atoms with Crippen LogP contribution in [0.5, 0.6) is 0 Å². The monoisotopic (exact) mass is 394 g/mol. The van der Waals surface area contributed by atoms with Crippen LogP contribution in [-0.2, 0) is 4.79 Å². The summed E-state index contributed by atoms with van der Waals surface area (Å²) in [5.74, 6) is -0.391. The van der Waals surface area contributed by atoms with Gasteiger partial charge >= 0.3 is 0 Å². The van der Waals surface area contributed by atoms with Gasteiger partial charge in [0, 0.05) is 23.5 Å². The predicted molar refractivity (Wildman–Crippen MR) is 88.0 cm³/mol. The van der Waals surface area contributed by atoms with Crippen molar-refractivity contribution in [3.63, 3.8) is 0 Å². The minimum absolute atomic E-state index is 0.00771. The second kappa shape index (κ2) is 7.31. The quantitative estimate of drug-likeness (QED) is 0.621. The van der Waals surface area contributed by atoms with E-state index in [9.17, 15) is 9.18 Å². The number of hydrogen-bond acceptors (Lipinski definition) is 3. The van der Waals surface area contributed by atoms with Crippen molar-refractivity contribution in [2.45, 2.75) is 30.2 Å². The molecule has 116 valence electrons.